The van der Waals surface area contributed by atoms with Crippen LogP contribution in [0.5, 0.6) is 5.75 Å². The van der Waals surface area contributed by atoms with Crippen LogP contribution in [-0.2, 0) is 16.8 Å². The molecule has 0 aliphatic carbocycles. The van der Waals surface area contributed by atoms with Crippen LogP contribution in [0.15, 0.2) is 66.3 Å². The summed E-state index contributed by atoms with van der Waals surface area (Å²) in [7, 11) is 0. The Hall–Kier alpha value is -3.06. The lowest BCUT2D eigenvalue weighted by Crippen LogP contribution is -2.15. The van der Waals surface area contributed by atoms with Crippen molar-refractivity contribution in [3.63, 3.8) is 0 Å². The van der Waals surface area contributed by atoms with Crippen LogP contribution in [0.1, 0.15) is 70.5 Å². The van der Waals surface area contributed by atoms with Crippen molar-refractivity contribution >= 4 is 23.4 Å². The number of thioether (sulfide) groups is 1. The SMILES string of the molecule is C=CCn1c(SCC(=O)Nc2ccc(C(C)C)cc2)nnc1C(C)Oc1ccc(C(C)(C)C)cc1. The van der Waals surface area contributed by atoms with Gasteiger partial charge < -0.3 is 10.1 Å². The summed E-state index contributed by atoms with van der Waals surface area (Å²) < 4.78 is 8.09. The fourth-order valence-electron chi connectivity index (χ4n) is 3.58. The molecular formula is C28H36N4O2S. The highest BCUT2D eigenvalue weighted by atomic mass is 32.2. The molecule has 0 spiro atoms. The molecule has 1 aromatic heterocycles. The van der Waals surface area contributed by atoms with E-state index in [0.717, 1.165) is 11.4 Å². The van der Waals surface area contributed by atoms with Gasteiger partial charge >= 0.3 is 0 Å². The van der Waals surface area contributed by atoms with Crippen LogP contribution in [0.4, 0.5) is 5.69 Å². The number of rotatable bonds is 10. The highest BCUT2D eigenvalue weighted by Crippen LogP contribution is 2.28. The zero-order valence-corrected chi connectivity index (χ0v) is 22.4. The van der Waals surface area contributed by atoms with Crippen molar-refractivity contribution in [3.8, 4) is 5.75 Å². The van der Waals surface area contributed by atoms with E-state index in [-0.39, 0.29) is 23.2 Å². The summed E-state index contributed by atoms with van der Waals surface area (Å²) in [6.45, 7) is 17.2. The van der Waals surface area contributed by atoms with E-state index in [9.17, 15) is 4.79 Å². The maximum Gasteiger partial charge on any atom is 0.234 e. The fourth-order valence-corrected chi connectivity index (χ4v) is 4.33. The molecule has 0 saturated heterocycles. The van der Waals surface area contributed by atoms with Crippen LogP contribution < -0.4 is 10.1 Å². The van der Waals surface area contributed by atoms with Crippen molar-refractivity contribution in [1.29, 1.82) is 0 Å². The topological polar surface area (TPSA) is 69.0 Å². The Kier molecular flexibility index (Phi) is 8.78. The molecule has 3 rings (SSSR count). The van der Waals surface area contributed by atoms with Gasteiger partial charge in [-0.2, -0.15) is 0 Å². The first-order valence-corrected chi connectivity index (χ1v) is 12.9. The van der Waals surface area contributed by atoms with Gasteiger partial charge in [-0.3, -0.25) is 9.36 Å². The molecule has 0 radical (unpaired) electrons. The van der Waals surface area contributed by atoms with Crippen molar-refractivity contribution < 1.29 is 9.53 Å². The molecule has 1 atom stereocenters. The third kappa shape index (κ3) is 7.21. The van der Waals surface area contributed by atoms with E-state index in [2.05, 4.69) is 68.8 Å². The van der Waals surface area contributed by atoms with E-state index in [1.807, 2.05) is 47.9 Å². The Labute approximate surface area is 213 Å². The van der Waals surface area contributed by atoms with Gasteiger partial charge in [-0.05, 0) is 53.6 Å². The van der Waals surface area contributed by atoms with E-state index >= 15 is 0 Å². The highest BCUT2D eigenvalue weighted by molar-refractivity contribution is 7.99. The number of aromatic nitrogens is 3. The molecule has 6 nitrogen and oxygen atoms in total. The normalized spacial score (nSPS) is 12.4. The minimum absolute atomic E-state index is 0.0875. The number of hydrogen-bond acceptors (Lipinski definition) is 5. The van der Waals surface area contributed by atoms with Crippen molar-refractivity contribution in [2.45, 2.75) is 70.7 Å². The number of carbonyl (C=O) groups is 1. The quantitative estimate of drug-likeness (QED) is 0.250. The molecule has 3 aromatic rings. The number of carbonyl (C=O) groups excluding carboxylic acids is 1. The third-order valence-electron chi connectivity index (χ3n) is 5.65. The maximum absolute atomic E-state index is 12.5. The molecule has 35 heavy (non-hydrogen) atoms. The number of nitrogens with one attached hydrogen (secondary N) is 1. The molecule has 1 amide bonds. The molecular weight excluding hydrogens is 456 g/mol. The molecule has 0 saturated carbocycles. The molecule has 1 heterocycles. The van der Waals surface area contributed by atoms with E-state index in [4.69, 9.17) is 4.74 Å². The monoisotopic (exact) mass is 492 g/mol. The molecule has 1 N–H and O–H groups in total. The van der Waals surface area contributed by atoms with Crippen molar-refractivity contribution in [1.82, 2.24) is 14.8 Å². The van der Waals surface area contributed by atoms with Crippen LogP contribution in [-0.4, -0.2) is 26.4 Å². The first kappa shape index (κ1) is 26.5. The van der Waals surface area contributed by atoms with Gasteiger partial charge in [0.25, 0.3) is 0 Å². The number of nitrogens with zero attached hydrogens (tertiary/aromatic N) is 3. The Balaban J connectivity index is 1.64. The predicted molar refractivity (Wildman–Crippen MR) is 144 cm³/mol. The number of anilines is 1. The first-order valence-electron chi connectivity index (χ1n) is 11.9. The van der Waals surface area contributed by atoms with Gasteiger partial charge in [-0.15, -0.1) is 16.8 Å². The van der Waals surface area contributed by atoms with Gasteiger partial charge in [0.15, 0.2) is 17.1 Å². The minimum Gasteiger partial charge on any atom is -0.483 e. The summed E-state index contributed by atoms with van der Waals surface area (Å²) >= 11 is 1.35. The summed E-state index contributed by atoms with van der Waals surface area (Å²) in [5, 5.41) is 12.3. The van der Waals surface area contributed by atoms with Gasteiger partial charge in [0, 0.05) is 12.2 Å². The average molecular weight is 493 g/mol. The lowest BCUT2D eigenvalue weighted by Gasteiger charge is -2.20. The second-order valence-electron chi connectivity index (χ2n) is 9.89. The second-order valence-corrected chi connectivity index (χ2v) is 10.8. The molecule has 0 aliphatic rings. The van der Waals surface area contributed by atoms with Gasteiger partial charge in [0.2, 0.25) is 5.91 Å². The zero-order chi connectivity index (χ0) is 25.6. The number of allylic oxidation sites excluding steroid dienone is 1. The Bertz CT molecular complexity index is 1130. The second kappa shape index (κ2) is 11.6. The summed E-state index contributed by atoms with van der Waals surface area (Å²) in [6.07, 6.45) is 1.48. The predicted octanol–water partition coefficient (Wildman–Crippen LogP) is 6.76. The van der Waals surface area contributed by atoms with Crippen molar-refractivity contribution in [2.75, 3.05) is 11.1 Å². The van der Waals surface area contributed by atoms with Gasteiger partial charge in [-0.1, -0.05) is 76.7 Å². The highest BCUT2D eigenvalue weighted by Gasteiger charge is 2.20. The molecule has 0 aliphatic heterocycles. The molecule has 1 unspecified atom stereocenters. The van der Waals surface area contributed by atoms with Crippen molar-refractivity contribution in [3.05, 3.63) is 78.1 Å². The van der Waals surface area contributed by atoms with E-state index in [1.165, 1.54) is 22.9 Å². The van der Waals surface area contributed by atoms with E-state index in [1.54, 1.807) is 6.08 Å². The summed E-state index contributed by atoms with van der Waals surface area (Å²) in [5.74, 6) is 2.05. The van der Waals surface area contributed by atoms with E-state index in [0.29, 0.717) is 23.4 Å². The van der Waals surface area contributed by atoms with Gasteiger partial charge in [0.05, 0.1) is 5.75 Å². The summed E-state index contributed by atoms with van der Waals surface area (Å²) in [4.78, 5) is 12.5. The number of benzene rings is 2. The number of ether oxygens (including phenoxy) is 1. The smallest absolute Gasteiger partial charge is 0.234 e. The van der Waals surface area contributed by atoms with Crippen LogP contribution in [0, 0.1) is 0 Å². The lowest BCUT2D eigenvalue weighted by atomic mass is 9.87. The molecule has 0 bridgehead atoms. The lowest BCUT2D eigenvalue weighted by molar-refractivity contribution is -0.113. The van der Waals surface area contributed by atoms with Crippen LogP contribution in [0.3, 0.4) is 0 Å². The minimum atomic E-state index is -0.314. The Morgan fingerprint density at radius 2 is 1.74 bits per heavy atom. The molecule has 2 aromatic carbocycles. The van der Waals surface area contributed by atoms with Gasteiger partial charge in [-0.25, -0.2) is 0 Å². The van der Waals surface area contributed by atoms with Crippen LogP contribution in [0.2, 0.25) is 0 Å². The van der Waals surface area contributed by atoms with E-state index < -0.39 is 0 Å². The number of hydrogen-bond donors (Lipinski definition) is 1. The third-order valence-corrected chi connectivity index (χ3v) is 6.61. The molecule has 7 heteroatoms. The maximum atomic E-state index is 12.5. The fraction of sp³-hybridized carbons (Fsp3) is 0.393. The summed E-state index contributed by atoms with van der Waals surface area (Å²) in [6, 6.07) is 16.1. The van der Waals surface area contributed by atoms with Gasteiger partial charge in [0.1, 0.15) is 5.75 Å². The Morgan fingerprint density at radius 3 is 2.31 bits per heavy atom. The van der Waals surface area contributed by atoms with Crippen molar-refractivity contribution in [2.24, 2.45) is 0 Å². The van der Waals surface area contributed by atoms with Crippen LogP contribution >= 0.6 is 11.8 Å². The number of amides is 1. The molecule has 0 fully saturated rings. The van der Waals surface area contributed by atoms with Crippen LogP contribution in [0.25, 0.3) is 0 Å². The standard InChI is InChI=1S/C28H36N4O2S/c1-8-17-32-26(20(4)34-24-15-11-22(12-16-24)28(5,6)7)30-31-27(32)35-18-25(33)29-23-13-9-21(10-14-23)19(2)3/h8-16,19-20H,1,17-18H2,2-7H3,(H,29,33). The summed E-state index contributed by atoms with van der Waals surface area (Å²) in [5.41, 5.74) is 3.36. The largest absolute Gasteiger partial charge is 0.483 e. The molecule has 186 valence electrons. The average Bonchev–Trinajstić information content (AvgIpc) is 3.21. The first-order chi connectivity index (χ1) is 16.6. The zero-order valence-electron chi connectivity index (χ0n) is 21.5. The Morgan fingerprint density at radius 1 is 1.09 bits per heavy atom.